The molecule has 1 unspecified atom stereocenters. The Balaban J connectivity index is 2.84. The van der Waals surface area contributed by atoms with Crippen LogP contribution in [0.2, 0.25) is 5.02 Å². The summed E-state index contributed by atoms with van der Waals surface area (Å²) in [4.78, 5) is 23.1. The zero-order chi connectivity index (χ0) is 15.1. The van der Waals surface area contributed by atoms with Gasteiger partial charge in [-0.2, -0.15) is 0 Å². The fraction of sp³-hybridized carbons (Fsp3) is 0.429. The molecule has 0 spiro atoms. The molecule has 0 aliphatic heterocycles. The third kappa shape index (κ3) is 4.92. The minimum atomic E-state index is -1.05. The van der Waals surface area contributed by atoms with Gasteiger partial charge in [0.25, 0.3) is 0 Å². The molecule has 0 saturated heterocycles. The van der Waals surface area contributed by atoms with Gasteiger partial charge in [0.05, 0.1) is 12.5 Å². The van der Waals surface area contributed by atoms with Gasteiger partial charge in [-0.15, -0.1) is 0 Å². The summed E-state index contributed by atoms with van der Waals surface area (Å²) in [5.41, 5.74) is 1.19. The van der Waals surface area contributed by atoms with Crippen molar-refractivity contribution < 1.29 is 19.8 Å². The first-order valence-corrected chi connectivity index (χ1v) is 6.70. The lowest BCUT2D eigenvalue weighted by atomic mass is 10.00. The molecule has 0 aliphatic carbocycles. The molecule has 1 atom stereocenters. The number of aliphatic hydroxyl groups is 1. The molecule has 3 N–H and O–H groups in total. The second-order valence-corrected chi connectivity index (χ2v) is 4.92. The number of carboxylic acids is 1. The van der Waals surface area contributed by atoms with Gasteiger partial charge in [0, 0.05) is 17.2 Å². The van der Waals surface area contributed by atoms with Crippen molar-refractivity contribution in [3.63, 3.8) is 0 Å². The van der Waals surface area contributed by atoms with Gasteiger partial charge in [-0.1, -0.05) is 11.6 Å². The Morgan fingerprint density at radius 2 is 2.10 bits per heavy atom. The summed E-state index contributed by atoms with van der Waals surface area (Å²) in [5, 5.41) is 21.0. The zero-order valence-electron chi connectivity index (χ0n) is 11.2. The predicted molar refractivity (Wildman–Crippen MR) is 76.3 cm³/mol. The molecule has 6 heteroatoms. The number of ketones is 1. The summed E-state index contributed by atoms with van der Waals surface area (Å²) in [7, 11) is 0. The third-order valence-corrected chi connectivity index (χ3v) is 3.29. The molecule has 0 fully saturated rings. The van der Waals surface area contributed by atoms with Gasteiger partial charge < -0.3 is 15.5 Å². The smallest absolute Gasteiger partial charge is 0.305 e. The van der Waals surface area contributed by atoms with Gasteiger partial charge in [0.2, 0.25) is 0 Å². The largest absolute Gasteiger partial charge is 0.481 e. The summed E-state index contributed by atoms with van der Waals surface area (Å²) in [6.07, 6.45) is 0.162. The van der Waals surface area contributed by atoms with Crippen LogP contribution in [0.4, 0.5) is 0 Å². The second kappa shape index (κ2) is 7.99. The number of hydrogen-bond donors (Lipinski definition) is 3. The average molecular weight is 300 g/mol. The first kappa shape index (κ1) is 16.6. The number of hydrogen-bond acceptors (Lipinski definition) is 4. The van der Waals surface area contributed by atoms with E-state index < -0.39 is 12.0 Å². The molecule has 5 nitrogen and oxygen atoms in total. The van der Waals surface area contributed by atoms with E-state index in [1.165, 1.54) is 0 Å². The number of aryl methyl sites for hydroxylation is 1. The first-order chi connectivity index (χ1) is 9.45. The number of carboxylic acid groups (broad SMARTS) is 1. The van der Waals surface area contributed by atoms with E-state index in [1.54, 1.807) is 25.1 Å². The molecule has 0 aliphatic rings. The molecule has 0 aromatic heterocycles. The average Bonchev–Trinajstić information content (AvgIpc) is 2.40. The highest BCUT2D eigenvalue weighted by Gasteiger charge is 2.22. The van der Waals surface area contributed by atoms with E-state index in [4.69, 9.17) is 21.8 Å². The molecule has 0 amide bonds. The van der Waals surface area contributed by atoms with Crippen LogP contribution >= 0.6 is 11.6 Å². The molecule has 0 radical (unpaired) electrons. The fourth-order valence-corrected chi connectivity index (χ4v) is 1.90. The summed E-state index contributed by atoms with van der Waals surface area (Å²) in [6.45, 7) is 2.15. The quantitative estimate of drug-likeness (QED) is 0.502. The highest BCUT2D eigenvalue weighted by atomic mass is 35.5. The van der Waals surface area contributed by atoms with Crippen molar-refractivity contribution in [2.45, 2.75) is 25.8 Å². The van der Waals surface area contributed by atoms with Crippen LogP contribution in [0, 0.1) is 6.92 Å². The van der Waals surface area contributed by atoms with Gasteiger partial charge in [-0.25, -0.2) is 0 Å². The topological polar surface area (TPSA) is 86.6 Å². The van der Waals surface area contributed by atoms with Crippen LogP contribution in [0.15, 0.2) is 18.2 Å². The number of benzene rings is 1. The number of halogens is 1. The Labute approximate surface area is 122 Å². The number of aliphatic carboxylic acids is 1. The lowest BCUT2D eigenvalue weighted by molar-refractivity contribution is -0.137. The van der Waals surface area contributed by atoms with Gasteiger partial charge in [-0.3, -0.25) is 9.59 Å². The molecule has 20 heavy (non-hydrogen) atoms. The third-order valence-electron chi connectivity index (χ3n) is 2.86. The SMILES string of the molecule is Cc1cc(C(=O)C(CC(=O)O)NCCCO)ccc1Cl. The number of aliphatic hydroxyl groups excluding tert-OH is 1. The first-order valence-electron chi connectivity index (χ1n) is 6.32. The van der Waals surface area contributed by atoms with Crippen LogP contribution in [-0.4, -0.2) is 41.2 Å². The Hall–Kier alpha value is -1.43. The molecular formula is C14H18ClNO4. The minimum Gasteiger partial charge on any atom is -0.481 e. The Kier molecular flexibility index (Phi) is 6.64. The van der Waals surface area contributed by atoms with Crippen molar-refractivity contribution in [1.82, 2.24) is 5.32 Å². The van der Waals surface area contributed by atoms with Gasteiger partial charge in [0.1, 0.15) is 0 Å². The van der Waals surface area contributed by atoms with E-state index in [1.807, 2.05) is 0 Å². The van der Waals surface area contributed by atoms with Crippen molar-refractivity contribution in [2.75, 3.05) is 13.2 Å². The van der Waals surface area contributed by atoms with Crippen molar-refractivity contribution in [1.29, 1.82) is 0 Å². The molecule has 1 rings (SSSR count). The second-order valence-electron chi connectivity index (χ2n) is 4.51. The van der Waals surface area contributed by atoms with Crippen LogP contribution < -0.4 is 5.32 Å². The van der Waals surface area contributed by atoms with E-state index in [-0.39, 0.29) is 18.8 Å². The predicted octanol–water partition coefficient (Wildman–Crippen LogP) is 1.65. The van der Waals surface area contributed by atoms with Crippen LogP contribution in [0.5, 0.6) is 0 Å². The van der Waals surface area contributed by atoms with Crippen molar-refractivity contribution in [3.05, 3.63) is 34.3 Å². The van der Waals surface area contributed by atoms with Crippen LogP contribution in [0.25, 0.3) is 0 Å². The van der Waals surface area contributed by atoms with E-state index in [0.717, 1.165) is 5.56 Å². The van der Waals surface area contributed by atoms with Crippen molar-refractivity contribution in [2.24, 2.45) is 0 Å². The van der Waals surface area contributed by atoms with Crippen LogP contribution in [0.1, 0.15) is 28.8 Å². The van der Waals surface area contributed by atoms with Crippen molar-refractivity contribution >= 4 is 23.4 Å². The standard InChI is InChI=1S/C14H18ClNO4/c1-9-7-10(3-4-11(9)15)14(20)12(8-13(18)19)16-5-2-6-17/h3-4,7,12,16-17H,2,5-6,8H2,1H3,(H,18,19). The Bertz CT molecular complexity index is 490. The molecule has 1 aromatic carbocycles. The highest BCUT2D eigenvalue weighted by molar-refractivity contribution is 6.31. The molecule has 1 aromatic rings. The maximum absolute atomic E-state index is 12.3. The summed E-state index contributed by atoms with van der Waals surface area (Å²) in [6, 6.07) is 4.04. The van der Waals surface area contributed by atoms with Gasteiger partial charge in [-0.05, 0) is 43.7 Å². The number of Topliss-reactive ketones (excluding diaryl/α,β-unsaturated/α-hetero) is 1. The number of carbonyl (C=O) groups excluding carboxylic acids is 1. The fourth-order valence-electron chi connectivity index (χ4n) is 1.79. The maximum atomic E-state index is 12.3. The lowest BCUT2D eigenvalue weighted by Gasteiger charge is -2.16. The minimum absolute atomic E-state index is 0.0129. The Morgan fingerprint density at radius 3 is 2.65 bits per heavy atom. The Morgan fingerprint density at radius 1 is 1.40 bits per heavy atom. The van der Waals surface area contributed by atoms with Gasteiger partial charge in [0.15, 0.2) is 5.78 Å². The highest BCUT2D eigenvalue weighted by Crippen LogP contribution is 2.18. The molecule has 0 bridgehead atoms. The van der Waals surface area contributed by atoms with E-state index in [0.29, 0.717) is 23.6 Å². The van der Waals surface area contributed by atoms with E-state index in [2.05, 4.69) is 5.32 Å². The van der Waals surface area contributed by atoms with Gasteiger partial charge >= 0.3 is 5.97 Å². The maximum Gasteiger partial charge on any atom is 0.305 e. The summed E-state index contributed by atoms with van der Waals surface area (Å²) in [5.74, 6) is -1.34. The molecular weight excluding hydrogens is 282 g/mol. The van der Waals surface area contributed by atoms with Crippen LogP contribution in [0.3, 0.4) is 0 Å². The van der Waals surface area contributed by atoms with E-state index >= 15 is 0 Å². The molecule has 110 valence electrons. The number of rotatable bonds is 8. The van der Waals surface area contributed by atoms with Crippen LogP contribution in [-0.2, 0) is 4.79 Å². The number of carbonyl (C=O) groups is 2. The number of nitrogens with one attached hydrogen (secondary N) is 1. The normalized spacial score (nSPS) is 12.2. The lowest BCUT2D eigenvalue weighted by Crippen LogP contribution is -2.39. The molecule has 0 heterocycles. The molecule has 0 saturated carbocycles. The summed E-state index contributed by atoms with van der Waals surface area (Å²) < 4.78 is 0. The summed E-state index contributed by atoms with van der Waals surface area (Å²) >= 11 is 5.90. The zero-order valence-corrected chi connectivity index (χ0v) is 12.0. The monoisotopic (exact) mass is 299 g/mol. The van der Waals surface area contributed by atoms with E-state index in [9.17, 15) is 9.59 Å². The van der Waals surface area contributed by atoms with Crippen molar-refractivity contribution in [3.8, 4) is 0 Å².